The van der Waals surface area contributed by atoms with E-state index < -0.39 is 10.0 Å². The number of sulfonamides is 1. The molecule has 1 atom stereocenters. The second-order valence-corrected chi connectivity index (χ2v) is 8.69. The molecule has 0 bridgehead atoms. The fourth-order valence-electron chi connectivity index (χ4n) is 3.58. The fourth-order valence-corrected chi connectivity index (χ4v) is 4.14. The van der Waals surface area contributed by atoms with Crippen molar-refractivity contribution in [3.05, 3.63) is 59.4 Å². The van der Waals surface area contributed by atoms with Crippen molar-refractivity contribution in [2.45, 2.75) is 30.8 Å². The Morgan fingerprint density at radius 2 is 2.00 bits per heavy atom. The normalized spacial score (nSPS) is 16.0. The highest BCUT2D eigenvalue weighted by molar-refractivity contribution is 7.89. The van der Waals surface area contributed by atoms with Crippen molar-refractivity contribution in [1.82, 2.24) is 4.90 Å². The Hall–Kier alpha value is -2.73. The summed E-state index contributed by atoms with van der Waals surface area (Å²) < 4.78 is 36.3. The molecule has 0 saturated heterocycles. The minimum Gasteiger partial charge on any atom is -0.308 e. The first-order valence-corrected chi connectivity index (χ1v) is 10.6. The standard InChI is InChI=1S/C21H22FN3O3S/c1-3-10-24(13-16-4-6-18(22)7-5-16)14-21(26)25-15(2)11-17-12-19(29(23,27)28)8-9-20(17)25/h1,4-9,12,15H,10-11,13-14H2,2H3,(H2,23,27,28). The number of nitrogens with two attached hydrogens (primary N) is 1. The number of hydrogen-bond acceptors (Lipinski definition) is 4. The van der Waals surface area contributed by atoms with Gasteiger partial charge in [0, 0.05) is 18.3 Å². The summed E-state index contributed by atoms with van der Waals surface area (Å²) in [5, 5.41) is 5.20. The summed E-state index contributed by atoms with van der Waals surface area (Å²) in [4.78, 5) is 16.5. The smallest absolute Gasteiger partial charge is 0.241 e. The van der Waals surface area contributed by atoms with Crippen LogP contribution in [0, 0.1) is 18.2 Å². The van der Waals surface area contributed by atoms with Crippen LogP contribution in [0.5, 0.6) is 0 Å². The SMILES string of the molecule is C#CCN(CC(=O)N1c2ccc(S(N)(=O)=O)cc2CC1C)Cc1ccc(F)cc1. The first-order valence-electron chi connectivity index (χ1n) is 9.07. The van der Waals surface area contributed by atoms with E-state index in [9.17, 15) is 17.6 Å². The molecule has 0 radical (unpaired) electrons. The number of carbonyl (C=O) groups is 1. The van der Waals surface area contributed by atoms with Crippen LogP contribution < -0.4 is 10.0 Å². The summed E-state index contributed by atoms with van der Waals surface area (Å²) in [5.41, 5.74) is 2.29. The Morgan fingerprint density at radius 3 is 2.62 bits per heavy atom. The van der Waals surface area contributed by atoms with Crippen molar-refractivity contribution < 1.29 is 17.6 Å². The zero-order valence-corrected chi connectivity index (χ0v) is 16.8. The number of rotatable bonds is 6. The van der Waals surface area contributed by atoms with Crippen LogP contribution in [0.2, 0.25) is 0 Å². The molecule has 1 aliphatic heterocycles. The summed E-state index contributed by atoms with van der Waals surface area (Å²) in [6, 6.07) is 10.5. The topological polar surface area (TPSA) is 83.7 Å². The number of primary sulfonamides is 1. The third-order valence-corrected chi connectivity index (χ3v) is 5.77. The van der Waals surface area contributed by atoms with Crippen LogP contribution in [-0.2, 0) is 27.8 Å². The lowest BCUT2D eigenvalue weighted by atomic mass is 10.1. The van der Waals surface area contributed by atoms with E-state index in [2.05, 4.69) is 5.92 Å². The zero-order valence-electron chi connectivity index (χ0n) is 16.0. The van der Waals surface area contributed by atoms with Gasteiger partial charge in [-0.3, -0.25) is 9.69 Å². The maximum Gasteiger partial charge on any atom is 0.241 e. The van der Waals surface area contributed by atoms with Crippen LogP contribution in [0.25, 0.3) is 0 Å². The number of anilines is 1. The molecule has 1 unspecified atom stereocenters. The highest BCUT2D eigenvalue weighted by Gasteiger charge is 2.32. The fraction of sp³-hybridized carbons (Fsp3) is 0.286. The third-order valence-electron chi connectivity index (χ3n) is 4.86. The molecular weight excluding hydrogens is 393 g/mol. The monoisotopic (exact) mass is 415 g/mol. The number of benzene rings is 2. The Bertz CT molecular complexity index is 1060. The van der Waals surface area contributed by atoms with Crippen molar-refractivity contribution in [2.75, 3.05) is 18.0 Å². The predicted molar refractivity (Wildman–Crippen MR) is 109 cm³/mol. The van der Waals surface area contributed by atoms with Gasteiger partial charge >= 0.3 is 0 Å². The van der Waals surface area contributed by atoms with E-state index in [-0.39, 0.29) is 35.8 Å². The van der Waals surface area contributed by atoms with Gasteiger partial charge in [-0.2, -0.15) is 0 Å². The first-order chi connectivity index (χ1) is 13.7. The van der Waals surface area contributed by atoms with Crippen LogP contribution in [0.15, 0.2) is 47.4 Å². The van der Waals surface area contributed by atoms with E-state index in [4.69, 9.17) is 11.6 Å². The Labute approximate surface area is 170 Å². The molecule has 2 N–H and O–H groups in total. The third kappa shape index (κ3) is 4.82. The maximum absolute atomic E-state index is 13.1. The predicted octanol–water partition coefficient (Wildman–Crippen LogP) is 1.89. The summed E-state index contributed by atoms with van der Waals surface area (Å²) in [5.74, 6) is 2.08. The zero-order chi connectivity index (χ0) is 21.2. The van der Waals surface area contributed by atoms with Crippen molar-refractivity contribution in [3.63, 3.8) is 0 Å². The van der Waals surface area contributed by atoms with Crippen molar-refractivity contribution in [3.8, 4) is 12.3 Å². The minimum absolute atomic E-state index is 0.0306. The van der Waals surface area contributed by atoms with Gasteiger partial charge in [0.1, 0.15) is 5.82 Å². The van der Waals surface area contributed by atoms with E-state index in [1.807, 2.05) is 6.92 Å². The van der Waals surface area contributed by atoms with Gasteiger partial charge in [-0.25, -0.2) is 17.9 Å². The molecule has 1 heterocycles. The Kier molecular flexibility index (Phi) is 6.03. The molecular formula is C21H22FN3O3S. The average Bonchev–Trinajstić information content (AvgIpc) is 2.98. The van der Waals surface area contributed by atoms with Crippen LogP contribution in [0.1, 0.15) is 18.1 Å². The largest absolute Gasteiger partial charge is 0.308 e. The molecule has 0 spiro atoms. The molecule has 2 aromatic rings. The lowest BCUT2D eigenvalue weighted by Crippen LogP contribution is -2.43. The van der Waals surface area contributed by atoms with Crippen LogP contribution >= 0.6 is 0 Å². The molecule has 3 rings (SSSR count). The lowest BCUT2D eigenvalue weighted by molar-refractivity contribution is -0.120. The van der Waals surface area contributed by atoms with Crippen LogP contribution in [0.4, 0.5) is 10.1 Å². The summed E-state index contributed by atoms with van der Waals surface area (Å²) in [6.07, 6.45) is 5.99. The molecule has 2 aromatic carbocycles. The van der Waals surface area contributed by atoms with E-state index in [1.54, 1.807) is 28.0 Å². The summed E-state index contributed by atoms with van der Waals surface area (Å²) >= 11 is 0. The Morgan fingerprint density at radius 1 is 1.31 bits per heavy atom. The number of fused-ring (bicyclic) bond motifs is 1. The number of nitrogens with zero attached hydrogens (tertiary/aromatic N) is 2. The molecule has 0 aliphatic carbocycles. The highest BCUT2D eigenvalue weighted by Crippen LogP contribution is 2.33. The van der Waals surface area contributed by atoms with Gasteiger partial charge in [0.25, 0.3) is 0 Å². The first kappa shape index (κ1) is 21.0. The number of carbonyl (C=O) groups excluding carboxylic acids is 1. The van der Waals surface area contributed by atoms with Crippen LogP contribution in [0.3, 0.4) is 0 Å². The number of amides is 1. The molecule has 152 valence electrons. The van der Waals surface area contributed by atoms with Gasteiger partial charge in [0.2, 0.25) is 15.9 Å². The lowest BCUT2D eigenvalue weighted by Gasteiger charge is -2.27. The van der Waals surface area contributed by atoms with Gasteiger partial charge in [-0.05, 0) is 54.8 Å². The van der Waals surface area contributed by atoms with Gasteiger partial charge in [-0.1, -0.05) is 18.1 Å². The van der Waals surface area contributed by atoms with Gasteiger partial charge in [0.15, 0.2) is 0 Å². The molecule has 8 heteroatoms. The molecule has 29 heavy (non-hydrogen) atoms. The summed E-state index contributed by atoms with van der Waals surface area (Å²) in [6.45, 7) is 2.67. The average molecular weight is 415 g/mol. The van der Waals surface area contributed by atoms with E-state index in [0.717, 1.165) is 11.1 Å². The summed E-state index contributed by atoms with van der Waals surface area (Å²) in [7, 11) is -3.80. The molecule has 0 aromatic heterocycles. The molecule has 6 nitrogen and oxygen atoms in total. The second kappa shape index (κ2) is 8.33. The molecule has 1 amide bonds. The highest BCUT2D eigenvalue weighted by atomic mass is 32.2. The second-order valence-electron chi connectivity index (χ2n) is 7.13. The molecule has 0 saturated carbocycles. The maximum atomic E-state index is 13.1. The molecule has 1 aliphatic rings. The van der Waals surface area contributed by atoms with Crippen molar-refractivity contribution in [1.29, 1.82) is 0 Å². The minimum atomic E-state index is -3.80. The number of hydrogen-bond donors (Lipinski definition) is 1. The van der Waals surface area contributed by atoms with Gasteiger partial charge in [-0.15, -0.1) is 6.42 Å². The molecule has 0 fully saturated rings. The van der Waals surface area contributed by atoms with E-state index in [1.165, 1.54) is 24.3 Å². The van der Waals surface area contributed by atoms with Gasteiger partial charge in [0.05, 0.1) is 18.0 Å². The number of halogens is 1. The Balaban J connectivity index is 1.78. The van der Waals surface area contributed by atoms with Gasteiger partial charge < -0.3 is 4.90 Å². The quantitative estimate of drug-likeness (QED) is 0.731. The van der Waals surface area contributed by atoms with Crippen molar-refractivity contribution >= 4 is 21.6 Å². The van der Waals surface area contributed by atoms with Crippen LogP contribution in [-0.4, -0.2) is 38.4 Å². The van der Waals surface area contributed by atoms with E-state index in [0.29, 0.717) is 18.7 Å². The van der Waals surface area contributed by atoms with Crippen molar-refractivity contribution in [2.24, 2.45) is 5.14 Å². The number of terminal acetylenes is 1. The van der Waals surface area contributed by atoms with E-state index >= 15 is 0 Å².